The number of rotatable bonds is 6. The topological polar surface area (TPSA) is 77.5 Å². The van der Waals surface area contributed by atoms with Crippen LogP contribution in [0.1, 0.15) is 32.3 Å². The second kappa shape index (κ2) is 12.7. The molecule has 0 atom stereocenters. The highest BCUT2D eigenvalue weighted by molar-refractivity contribution is 14.0. The van der Waals surface area contributed by atoms with E-state index < -0.39 is 0 Å². The molecule has 8 nitrogen and oxygen atoms in total. The van der Waals surface area contributed by atoms with Crippen LogP contribution in [0.4, 0.5) is 10.5 Å². The van der Waals surface area contributed by atoms with Crippen LogP contribution in [0.25, 0.3) is 0 Å². The van der Waals surface area contributed by atoms with Crippen LogP contribution in [-0.2, 0) is 16.0 Å². The number of piperazine rings is 1. The predicted octanol–water partition coefficient (Wildman–Crippen LogP) is 2.71. The molecule has 3 rings (SSSR count). The van der Waals surface area contributed by atoms with Crippen LogP contribution >= 0.6 is 24.0 Å². The van der Waals surface area contributed by atoms with Crippen LogP contribution in [0.5, 0.6) is 0 Å². The second-order valence-corrected chi connectivity index (χ2v) is 7.44. The SMILES string of the molecule is CCNC(=NCCCC(=O)N1CCc2ccccc21)N1CCN(C(=O)OCC)CC1.I. The van der Waals surface area contributed by atoms with Gasteiger partial charge in [0, 0.05) is 57.9 Å². The fourth-order valence-corrected chi connectivity index (χ4v) is 3.89. The zero-order valence-corrected chi connectivity index (χ0v) is 20.8. The second-order valence-electron chi connectivity index (χ2n) is 7.44. The van der Waals surface area contributed by atoms with E-state index in [4.69, 9.17) is 9.73 Å². The Morgan fingerprint density at radius 3 is 2.48 bits per heavy atom. The van der Waals surface area contributed by atoms with Crippen molar-refractivity contribution in [2.45, 2.75) is 33.1 Å². The number of hydrogen-bond acceptors (Lipinski definition) is 4. The van der Waals surface area contributed by atoms with Crippen molar-refractivity contribution in [2.24, 2.45) is 4.99 Å². The molecule has 0 spiro atoms. The minimum Gasteiger partial charge on any atom is -0.450 e. The molecule has 0 unspecified atom stereocenters. The zero-order valence-electron chi connectivity index (χ0n) is 18.5. The molecule has 1 saturated heterocycles. The number of hydrogen-bond donors (Lipinski definition) is 1. The van der Waals surface area contributed by atoms with Gasteiger partial charge in [-0.15, -0.1) is 24.0 Å². The van der Waals surface area contributed by atoms with E-state index in [2.05, 4.69) is 16.3 Å². The molecule has 1 N–H and O–H groups in total. The quantitative estimate of drug-likeness (QED) is 0.259. The Labute approximate surface area is 202 Å². The first-order valence-corrected chi connectivity index (χ1v) is 11.0. The molecule has 0 aromatic heterocycles. The number of aliphatic imine (C=N–C) groups is 1. The number of nitrogens with one attached hydrogen (secondary N) is 1. The normalized spacial score (nSPS) is 15.9. The number of guanidine groups is 1. The van der Waals surface area contributed by atoms with Crippen molar-refractivity contribution in [1.82, 2.24) is 15.1 Å². The van der Waals surface area contributed by atoms with Crippen molar-refractivity contribution >= 4 is 47.6 Å². The average Bonchev–Trinajstić information content (AvgIpc) is 3.20. The third-order valence-electron chi connectivity index (χ3n) is 5.44. The predicted molar refractivity (Wildman–Crippen MR) is 133 cm³/mol. The van der Waals surface area contributed by atoms with E-state index in [-0.39, 0.29) is 36.0 Å². The van der Waals surface area contributed by atoms with Crippen molar-refractivity contribution < 1.29 is 14.3 Å². The van der Waals surface area contributed by atoms with Crippen molar-refractivity contribution in [3.8, 4) is 0 Å². The van der Waals surface area contributed by atoms with Crippen LogP contribution in [0.3, 0.4) is 0 Å². The largest absolute Gasteiger partial charge is 0.450 e. The molecular weight excluding hydrogens is 509 g/mol. The first-order chi connectivity index (χ1) is 14.6. The van der Waals surface area contributed by atoms with E-state index >= 15 is 0 Å². The van der Waals surface area contributed by atoms with Crippen LogP contribution in [-0.4, -0.2) is 80.2 Å². The van der Waals surface area contributed by atoms with Crippen LogP contribution in [0, 0.1) is 0 Å². The van der Waals surface area contributed by atoms with Gasteiger partial charge in [0.1, 0.15) is 0 Å². The highest BCUT2D eigenvalue weighted by Crippen LogP contribution is 2.28. The van der Waals surface area contributed by atoms with Crippen LogP contribution < -0.4 is 10.2 Å². The Kier molecular flexibility index (Phi) is 10.4. The summed E-state index contributed by atoms with van der Waals surface area (Å²) in [5, 5.41) is 3.32. The minimum atomic E-state index is -0.249. The van der Waals surface area contributed by atoms with E-state index in [0.29, 0.717) is 45.8 Å². The number of ether oxygens (including phenoxy) is 1. The van der Waals surface area contributed by atoms with Crippen LogP contribution in [0.2, 0.25) is 0 Å². The summed E-state index contributed by atoms with van der Waals surface area (Å²) in [6.45, 7) is 9.08. The summed E-state index contributed by atoms with van der Waals surface area (Å²) in [5.41, 5.74) is 2.30. The Bertz CT molecular complexity index is 765. The van der Waals surface area contributed by atoms with E-state index in [1.807, 2.05) is 36.9 Å². The lowest BCUT2D eigenvalue weighted by atomic mass is 10.2. The van der Waals surface area contributed by atoms with Gasteiger partial charge >= 0.3 is 6.09 Å². The number of para-hydroxylation sites is 1. The number of carbonyl (C=O) groups is 2. The molecule has 0 bridgehead atoms. The van der Waals surface area contributed by atoms with E-state index in [9.17, 15) is 9.59 Å². The Balaban J connectivity index is 0.00000341. The fraction of sp³-hybridized carbons (Fsp3) is 0.591. The molecule has 2 aliphatic rings. The van der Waals surface area contributed by atoms with Crippen molar-refractivity contribution in [3.63, 3.8) is 0 Å². The fourth-order valence-electron chi connectivity index (χ4n) is 3.89. The molecule has 1 aromatic carbocycles. The van der Waals surface area contributed by atoms with E-state index in [1.54, 1.807) is 4.90 Å². The molecule has 9 heteroatoms. The molecule has 172 valence electrons. The summed E-state index contributed by atoms with van der Waals surface area (Å²) < 4.78 is 5.08. The molecule has 2 heterocycles. The van der Waals surface area contributed by atoms with Gasteiger partial charge in [-0.3, -0.25) is 9.79 Å². The van der Waals surface area contributed by atoms with Gasteiger partial charge in [0.25, 0.3) is 0 Å². The standard InChI is InChI=1S/C22H33N5O3.HI/c1-3-23-21(25-14-16-26(17-15-25)22(29)30-4-2)24-12-7-10-20(28)27-13-11-18-8-5-6-9-19(18)27;/h5-6,8-9H,3-4,7,10-17H2,1-2H3,(H,23,24);1H. The summed E-state index contributed by atoms with van der Waals surface area (Å²) in [6, 6.07) is 8.13. The van der Waals surface area contributed by atoms with Crippen molar-refractivity contribution in [1.29, 1.82) is 0 Å². The number of fused-ring (bicyclic) bond motifs is 1. The lowest BCUT2D eigenvalue weighted by Crippen LogP contribution is -2.53. The first-order valence-electron chi connectivity index (χ1n) is 11.0. The monoisotopic (exact) mass is 543 g/mol. The third kappa shape index (κ3) is 6.72. The molecule has 2 aliphatic heterocycles. The summed E-state index contributed by atoms with van der Waals surface area (Å²) in [4.78, 5) is 35.0. The molecule has 0 aliphatic carbocycles. The maximum Gasteiger partial charge on any atom is 0.409 e. The van der Waals surface area contributed by atoms with Gasteiger partial charge in [-0.1, -0.05) is 18.2 Å². The molecule has 31 heavy (non-hydrogen) atoms. The number of amides is 2. The molecule has 2 amide bonds. The first kappa shape index (κ1) is 25.2. The van der Waals surface area contributed by atoms with Gasteiger partial charge in [-0.05, 0) is 38.3 Å². The number of carbonyl (C=O) groups excluding carboxylic acids is 2. The molecule has 0 saturated carbocycles. The number of nitrogens with zero attached hydrogens (tertiary/aromatic N) is 4. The number of anilines is 1. The van der Waals surface area contributed by atoms with E-state index in [1.165, 1.54) is 5.56 Å². The maximum atomic E-state index is 12.6. The molecular formula is C22H34IN5O3. The molecule has 1 fully saturated rings. The number of benzene rings is 1. The van der Waals surface area contributed by atoms with Crippen molar-refractivity contribution in [3.05, 3.63) is 29.8 Å². The smallest absolute Gasteiger partial charge is 0.409 e. The summed E-state index contributed by atoms with van der Waals surface area (Å²) >= 11 is 0. The summed E-state index contributed by atoms with van der Waals surface area (Å²) in [6.07, 6.45) is 1.90. The van der Waals surface area contributed by atoms with Gasteiger partial charge in [0.15, 0.2) is 5.96 Å². The Morgan fingerprint density at radius 2 is 1.77 bits per heavy atom. The Morgan fingerprint density at radius 1 is 1.06 bits per heavy atom. The zero-order chi connectivity index (χ0) is 21.3. The maximum absolute atomic E-state index is 12.6. The third-order valence-corrected chi connectivity index (χ3v) is 5.44. The molecule has 1 aromatic rings. The van der Waals surface area contributed by atoms with Crippen molar-refractivity contribution in [2.75, 3.05) is 57.3 Å². The van der Waals surface area contributed by atoms with Gasteiger partial charge in [0.2, 0.25) is 5.91 Å². The van der Waals surface area contributed by atoms with Gasteiger partial charge in [-0.2, -0.15) is 0 Å². The minimum absolute atomic E-state index is 0. The lowest BCUT2D eigenvalue weighted by Gasteiger charge is -2.35. The highest BCUT2D eigenvalue weighted by Gasteiger charge is 2.25. The van der Waals surface area contributed by atoms with Gasteiger partial charge in [0.05, 0.1) is 6.61 Å². The summed E-state index contributed by atoms with van der Waals surface area (Å²) in [7, 11) is 0. The lowest BCUT2D eigenvalue weighted by molar-refractivity contribution is -0.118. The van der Waals surface area contributed by atoms with Gasteiger partial charge in [-0.25, -0.2) is 4.79 Å². The van der Waals surface area contributed by atoms with E-state index in [0.717, 1.165) is 37.6 Å². The molecule has 0 radical (unpaired) electrons. The summed E-state index contributed by atoms with van der Waals surface area (Å²) in [5.74, 6) is 1.02. The number of halogens is 1. The Hall–Kier alpha value is -2.04. The van der Waals surface area contributed by atoms with Crippen LogP contribution in [0.15, 0.2) is 29.3 Å². The van der Waals surface area contributed by atoms with Gasteiger partial charge < -0.3 is 24.8 Å². The highest BCUT2D eigenvalue weighted by atomic mass is 127. The average molecular weight is 543 g/mol.